The van der Waals surface area contributed by atoms with E-state index in [-0.39, 0.29) is 42.5 Å². The molecule has 3 rings (SSSR count). The fraction of sp³-hybridized carbons (Fsp3) is 0.353. The molecule has 1 aromatic heterocycles. The molecule has 1 fully saturated rings. The van der Waals surface area contributed by atoms with Crippen LogP contribution in [-0.2, 0) is 14.8 Å². The molecule has 0 bridgehead atoms. The van der Waals surface area contributed by atoms with Crippen molar-refractivity contribution in [1.29, 1.82) is 0 Å². The number of benzene rings is 1. The normalized spacial score (nSPS) is 16.9. The maximum absolute atomic E-state index is 12.7. The molecule has 1 unspecified atom stereocenters. The van der Waals surface area contributed by atoms with Crippen LogP contribution in [0.5, 0.6) is 0 Å². The van der Waals surface area contributed by atoms with Crippen molar-refractivity contribution in [2.45, 2.75) is 17.9 Å². The number of hydrogen-bond acceptors (Lipinski definition) is 5. The number of carboxylic acid groups (broad SMARTS) is 1. The second kappa shape index (κ2) is 7.49. The number of carbonyl (C=O) groups is 2. The van der Waals surface area contributed by atoms with Crippen molar-refractivity contribution in [3.63, 3.8) is 0 Å². The van der Waals surface area contributed by atoms with E-state index in [1.807, 2.05) is 0 Å². The average Bonchev–Trinajstić information content (AvgIpc) is 3.21. The van der Waals surface area contributed by atoms with Crippen LogP contribution in [0.25, 0.3) is 0 Å². The Morgan fingerprint density at radius 1 is 1.11 bits per heavy atom. The number of carbonyl (C=O) groups excluding carboxylic acids is 1. The lowest BCUT2D eigenvalue weighted by Crippen LogP contribution is -2.51. The van der Waals surface area contributed by atoms with Gasteiger partial charge >= 0.3 is 5.97 Å². The summed E-state index contributed by atoms with van der Waals surface area (Å²) in [6.07, 6.45) is 3.31. The van der Waals surface area contributed by atoms with Crippen LogP contribution in [0.15, 0.2) is 47.6 Å². The summed E-state index contributed by atoms with van der Waals surface area (Å²) in [6.45, 7) is 2.69. The van der Waals surface area contributed by atoms with Crippen LogP contribution in [0.2, 0.25) is 0 Å². The lowest BCUT2D eigenvalue weighted by molar-refractivity contribution is -0.135. The van der Waals surface area contributed by atoms with Gasteiger partial charge in [-0.2, -0.15) is 9.40 Å². The van der Waals surface area contributed by atoms with E-state index in [1.54, 1.807) is 35.0 Å². The van der Waals surface area contributed by atoms with Crippen molar-refractivity contribution in [2.75, 3.05) is 26.2 Å². The maximum Gasteiger partial charge on any atom is 0.335 e. The highest BCUT2D eigenvalue weighted by Crippen LogP contribution is 2.19. The number of nitrogens with zero attached hydrogens (tertiary/aromatic N) is 4. The fourth-order valence-electron chi connectivity index (χ4n) is 2.95. The van der Waals surface area contributed by atoms with Gasteiger partial charge in [-0.25, -0.2) is 13.2 Å². The number of sulfonamides is 1. The van der Waals surface area contributed by atoms with E-state index in [0.29, 0.717) is 0 Å². The van der Waals surface area contributed by atoms with Crippen molar-refractivity contribution in [2.24, 2.45) is 0 Å². The second-order valence-corrected chi connectivity index (χ2v) is 8.16. The molecule has 1 aromatic carbocycles. The van der Waals surface area contributed by atoms with Crippen LogP contribution < -0.4 is 0 Å². The molecule has 0 saturated carbocycles. The van der Waals surface area contributed by atoms with Crippen LogP contribution >= 0.6 is 0 Å². The van der Waals surface area contributed by atoms with Gasteiger partial charge in [0.2, 0.25) is 15.9 Å². The number of aromatic carboxylic acids is 1. The fourth-order valence-corrected chi connectivity index (χ4v) is 4.38. The van der Waals surface area contributed by atoms with Crippen molar-refractivity contribution in [1.82, 2.24) is 19.0 Å². The Morgan fingerprint density at radius 3 is 2.26 bits per heavy atom. The molecule has 10 heteroatoms. The summed E-state index contributed by atoms with van der Waals surface area (Å²) in [5.74, 6) is -1.22. The average molecular weight is 392 g/mol. The molecule has 2 aromatic rings. The lowest BCUT2D eigenvalue weighted by atomic mass is 10.2. The Kier molecular flexibility index (Phi) is 5.29. The molecule has 9 nitrogen and oxygen atoms in total. The molecule has 1 N–H and O–H groups in total. The summed E-state index contributed by atoms with van der Waals surface area (Å²) in [5.41, 5.74) is 0.0250. The molecular formula is C17H20N4O5S. The Bertz CT molecular complexity index is 917. The van der Waals surface area contributed by atoms with Gasteiger partial charge in [0.15, 0.2) is 0 Å². The molecule has 1 aliphatic rings. The quantitative estimate of drug-likeness (QED) is 0.800. The molecule has 0 aliphatic carbocycles. The van der Waals surface area contributed by atoms with Gasteiger partial charge in [-0.15, -0.1) is 0 Å². The van der Waals surface area contributed by atoms with Gasteiger partial charge < -0.3 is 10.0 Å². The molecule has 2 heterocycles. The Hall–Kier alpha value is -2.72. The molecule has 0 radical (unpaired) electrons. The maximum atomic E-state index is 12.7. The van der Waals surface area contributed by atoms with Gasteiger partial charge in [0, 0.05) is 38.6 Å². The number of rotatable bonds is 5. The van der Waals surface area contributed by atoms with E-state index < -0.39 is 22.0 Å². The smallest absolute Gasteiger partial charge is 0.335 e. The van der Waals surface area contributed by atoms with Crippen LogP contribution in [0, 0.1) is 0 Å². The number of piperazine rings is 1. The highest BCUT2D eigenvalue weighted by atomic mass is 32.2. The topological polar surface area (TPSA) is 113 Å². The molecule has 27 heavy (non-hydrogen) atoms. The third kappa shape index (κ3) is 3.86. The van der Waals surface area contributed by atoms with E-state index in [2.05, 4.69) is 5.10 Å². The van der Waals surface area contributed by atoms with E-state index >= 15 is 0 Å². The van der Waals surface area contributed by atoms with Gasteiger partial charge in [0.05, 0.1) is 10.5 Å². The summed E-state index contributed by atoms with van der Waals surface area (Å²) in [5, 5.41) is 13.0. The van der Waals surface area contributed by atoms with E-state index in [4.69, 9.17) is 5.11 Å². The van der Waals surface area contributed by atoms with Crippen molar-refractivity contribution < 1.29 is 23.1 Å². The van der Waals surface area contributed by atoms with Gasteiger partial charge in [-0.3, -0.25) is 9.48 Å². The highest BCUT2D eigenvalue weighted by molar-refractivity contribution is 7.89. The van der Waals surface area contributed by atoms with Gasteiger partial charge in [0.25, 0.3) is 0 Å². The zero-order valence-electron chi connectivity index (χ0n) is 14.7. The molecule has 1 saturated heterocycles. The zero-order chi connectivity index (χ0) is 19.6. The number of carboxylic acids is 1. The molecule has 1 amide bonds. The Balaban J connectivity index is 1.65. The van der Waals surface area contributed by atoms with Gasteiger partial charge in [-0.1, -0.05) is 0 Å². The first kappa shape index (κ1) is 19.1. The Labute approximate surface area is 156 Å². The van der Waals surface area contributed by atoms with Crippen molar-refractivity contribution >= 4 is 21.9 Å². The standard InChI is InChI=1S/C17H20N4O5S/c1-13(21-8-2-7-18-21)16(22)19-9-11-20(12-10-19)27(25,26)15-5-3-14(4-6-15)17(23)24/h2-8,13H,9-12H2,1H3,(H,23,24). The van der Waals surface area contributed by atoms with Crippen LogP contribution in [0.3, 0.4) is 0 Å². The first-order valence-electron chi connectivity index (χ1n) is 8.42. The molecule has 0 spiro atoms. The monoisotopic (exact) mass is 392 g/mol. The minimum absolute atomic E-state index is 0.0250. The summed E-state index contributed by atoms with van der Waals surface area (Å²) < 4.78 is 28.3. The first-order valence-corrected chi connectivity index (χ1v) is 9.86. The minimum Gasteiger partial charge on any atom is -0.478 e. The largest absolute Gasteiger partial charge is 0.478 e. The number of amides is 1. The summed E-state index contributed by atoms with van der Waals surface area (Å²) in [4.78, 5) is 25.1. The summed E-state index contributed by atoms with van der Waals surface area (Å²) >= 11 is 0. The molecule has 1 atom stereocenters. The van der Waals surface area contributed by atoms with E-state index in [0.717, 1.165) is 0 Å². The van der Waals surface area contributed by atoms with Gasteiger partial charge in [-0.05, 0) is 37.3 Å². The Morgan fingerprint density at radius 2 is 1.74 bits per heavy atom. The van der Waals surface area contributed by atoms with Crippen LogP contribution in [-0.4, -0.2) is 70.6 Å². The predicted molar refractivity (Wildman–Crippen MR) is 95.7 cm³/mol. The summed E-state index contributed by atoms with van der Waals surface area (Å²) in [6, 6.07) is 6.39. The minimum atomic E-state index is -3.73. The summed E-state index contributed by atoms with van der Waals surface area (Å²) in [7, 11) is -3.73. The van der Waals surface area contributed by atoms with E-state index in [1.165, 1.54) is 28.6 Å². The third-order valence-electron chi connectivity index (χ3n) is 4.57. The van der Waals surface area contributed by atoms with Crippen LogP contribution in [0.1, 0.15) is 23.3 Å². The van der Waals surface area contributed by atoms with Gasteiger partial charge in [0.1, 0.15) is 6.04 Å². The molecule has 1 aliphatic heterocycles. The number of aromatic nitrogens is 2. The first-order chi connectivity index (χ1) is 12.8. The second-order valence-electron chi connectivity index (χ2n) is 6.22. The van der Waals surface area contributed by atoms with E-state index in [9.17, 15) is 18.0 Å². The van der Waals surface area contributed by atoms with Crippen molar-refractivity contribution in [3.8, 4) is 0 Å². The zero-order valence-corrected chi connectivity index (χ0v) is 15.5. The molecular weight excluding hydrogens is 372 g/mol. The third-order valence-corrected chi connectivity index (χ3v) is 6.48. The molecule has 144 valence electrons. The number of hydrogen-bond donors (Lipinski definition) is 1. The lowest BCUT2D eigenvalue weighted by Gasteiger charge is -2.35. The highest BCUT2D eigenvalue weighted by Gasteiger charge is 2.32. The van der Waals surface area contributed by atoms with Crippen LogP contribution in [0.4, 0.5) is 0 Å². The predicted octanol–water partition coefficient (Wildman–Crippen LogP) is 0.675. The van der Waals surface area contributed by atoms with Crippen molar-refractivity contribution in [3.05, 3.63) is 48.3 Å². The SMILES string of the molecule is CC(C(=O)N1CCN(S(=O)(=O)c2ccc(C(=O)O)cc2)CC1)n1cccn1.